The lowest BCUT2D eigenvalue weighted by Gasteiger charge is -2.38. The van der Waals surface area contributed by atoms with Crippen LogP contribution >= 0.6 is 0 Å². The fraction of sp³-hybridized carbons (Fsp3) is 0.625. The molecule has 14 nitrogen and oxygen atoms in total. The van der Waals surface area contributed by atoms with E-state index in [0.29, 0.717) is 13.0 Å². The number of aromatic nitrogens is 3. The number of hydrogen-bond acceptors (Lipinski definition) is 9. The van der Waals surface area contributed by atoms with Crippen LogP contribution in [0.2, 0.25) is 0 Å². The lowest BCUT2D eigenvalue weighted by Crippen LogP contribution is -2.62. The van der Waals surface area contributed by atoms with E-state index in [-0.39, 0.29) is 29.9 Å². The predicted octanol–water partition coefficient (Wildman–Crippen LogP) is 3.44. The second-order valence-corrected chi connectivity index (χ2v) is 16.2. The van der Waals surface area contributed by atoms with Gasteiger partial charge in [0.1, 0.15) is 23.8 Å². The number of carbonyl (C=O) groups is 6. The second-order valence-electron chi connectivity index (χ2n) is 16.2. The Balaban J connectivity index is 1.34. The Morgan fingerprint density at radius 2 is 1.61 bits per heavy atom. The van der Waals surface area contributed by atoms with Crippen molar-refractivity contribution in [2.45, 2.75) is 129 Å². The van der Waals surface area contributed by atoms with Crippen molar-refractivity contribution in [3.8, 4) is 0 Å². The first-order valence-electron chi connectivity index (χ1n) is 19.5. The maximum Gasteiger partial charge on any atom is 0.290 e. The molecule has 2 saturated carbocycles. The summed E-state index contributed by atoms with van der Waals surface area (Å²) in [6.45, 7) is 9.54. The zero-order valence-corrected chi connectivity index (χ0v) is 32.2. The molecule has 0 radical (unpaired) electrons. The molecular weight excluding hydrogens is 688 g/mol. The first-order chi connectivity index (χ1) is 25.8. The zero-order chi connectivity index (χ0) is 39.0. The Hall–Kier alpha value is -4.75. The number of nitrogens with zero attached hydrogens (tertiary/aromatic N) is 4. The maximum atomic E-state index is 14.7. The zero-order valence-electron chi connectivity index (χ0n) is 32.2. The molecule has 5 rings (SSSR count). The van der Waals surface area contributed by atoms with Crippen molar-refractivity contribution in [2.24, 2.45) is 23.2 Å². The number of nitrogens with one attached hydrogen (secondary N) is 4. The Morgan fingerprint density at radius 3 is 2.26 bits per heavy atom. The molecule has 0 spiro atoms. The summed E-state index contributed by atoms with van der Waals surface area (Å²) >= 11 is 0. The minimum Gasteiger partial charge on any atom is -0.344 e. The highest BCUT2D eigenvalue weighted by atomic mass is 16.2. The minimum absolute atomic E-state index is 0.0891. The van der Waals surface area contributed by atoms with E-state index >= 15 is 0 Å². The number of carbonyl (C=O) groups excluding carboxylic acids is 6. The van der Waals surface area contributed by atoms with E-state index in [0.717, 1.165) is 56.9 Å². The Labute approximate surface area is 317 Å². The number of pyridine rings is 1. The van der Waals surface area contributed by atoms with Gasteiger partial charge >= 0.3 is 0 Å². The number of fused-ring (bicyclic) bond motifs is 1. The molecule has 54 heavy (non-hydrogen) atoms. The van der Waals surface area contributed by atoms with Crippen molar-refractivity contribution in [1.82, 2.24) is 41.1 Å². The van der Waals surface area contributed by atoms with Crippen LogP contribution in [0.5, 0.6) is 0 Å². The molecule has 14 heteroatoms. The third kappa shape index (κ3) is 9.67. The highest BCUT2D eigenvalue weighted by molar-refractivity contribution is 6.38. The van der Waals surface area contributed by atoms with Gasteiger partial charge in [-0.3, -0.25) is 38.7 Å². The van der Waals surface area contributed by atoms with Crippen LogP contribution in [0.15, 0.2) is 43.1 Å². The lowest BCUT2D eigenvalue weighted by molar-refractivity contribution is -0.146. The molecule has 0 bridgehead atoms. The molecule has 1 saturated heterocycles. The van der Waals surface area contributed by atoms with Gasteiger partial charge in [0, 0.05) is 31.3 Å². The molecule has 3 fully saturated rings. The highest BCUT2D eigenvalue weighted by Crippen LogP contribution is 2.43. The normalized spacial score (nSPS) is 22.2. The van der Waals surface area contributed by atoms with Gasteiger partial charge in [0.25, 0.3) is 11.8 Å². The molecule has 2 aromatic heterocycles. The van der Waals surface area contributed by atoms with E-state index in [1.807, 2.05) is 27.7 Å². The van der Waals surface area contributed by atoms with Gasteiger partial charge in [-0.2, -0.15) is 0 Å². The van der Waals surface area contributed by atoms with Crippen molar-refractivity contribution in [1.29, 1.82) is 0 Å². The predicted molar refractivity (Wildman–Crippen MR) is 200 cm³/mol. The minimum atomic E-state index is -1.08. The summed E-state index contributed by atoms with van der Waals surface area (Å²) in [7, 11) is 0. The van der Waals surface area contributed by atoms with Crippen molar-refractivity contribution < 1.29 is 28.8 Å². The number of hydrogen-bond donors (Lipinski definition) is 4. The average molecular weight is 745 g/mol. The van der Waals surface area contributed by atoms with Crippen molar-refractivity contribution in [3.05, 3.63) is 54.4 Å². The SMILES string of the molecule is CCC[C@H](NC(=O)[C@@H]1[C@H]2CCC[C@H]2CN1C(=O)[C@@H](NC(=O)[C@@H](NC(=O)c1cnccn1)C1CCCCC1)C(C)(C)C)C(=O)C(=O)N[C@H](C)c1cccnc1. The molecule has 7 atom stereocenters. The quantitative estimate of drug-likeness (QED) is 0.210. The lowest BCUT2D eigenvalue weighted by atomic mass is 9.82. The van der Waals surface area contributed by atoms with Gasteiger partial charge in [0.2, 0.25) is 23.5 Å². The van der Waals surface area contributed by atoms with Gasteiger partial charge in [0.15, 0.2) is 0 Å². The van der Waals surface area contributed by atoms with Crippen LogP contribution < -0.4 is 21.3 Å². The van der Waals surface area contributed by atoms with E-state index in [1.54, 1.807) is 36.4 Å². The van der Waals surface area contributed by atoms with Gasteiger partial charge in [-0.15, -0.1) is 0 Å². The molecule has 3 aliphatic rings. The molecule has 5 amide bonds. The summed E-state index contributed by atoms with van der Waals surface area (Å²) in [5, 5.41) is 11.5. The summed E-state index contributed by atoms with van der Waals surface area (Å²) in [5.41, 5.74) is 0.0641. The second kappa shape index (κ2) is 18.1. The van der Waals surface area contributed by atoms with Gasteiger partial charge in [0.05, 0.1) is 18.3 Å². The average Bonchev–Trinajstić information content (AvgIpc) is 3.77. The van der Waals surface area contributed by atoms with Crippen LogP contribution in [-0.2, 0) is 24.0 Å². The number of amides is 5. The van der Waals surface area contributed by atoms with E-state index in [2.05, 4.69) is 36.2 Å². The first-order valence-corrected chi connectivity index (χ1v) is 19.5. The summed E-state index contributed by atoms with van der Waals surface area (Å²) in [6.07, 6.45) is 15.2. The number of ketones is 1. The van der Waals surface area contributed by atoms with Crippen molar-refractivity contribution in [3.63, 3.8) is 0 Å². The maximum absolute atomic E-state index is 14.7. The molecule has 1 aliphatic heterocycles. The fourth-order valence-corrected chi connectivity index (χ4v) is 8.37. The monoisotopic (exact) mass is 744 g/mol. The Bertz CT molecular complexity index is 1640. The standard InChI is InChI=1S/C40H56N8O6/c1-6-12-29(33(49)38(53)44-24(2)26-16-11-18-41-21-26)45-37(52)32-28-17-10-15-27(28)23-48(32)39(54)34(40(3,4)5)47-36(51)31(25-13-8-7-9-14-25)46-35(50)30-22-42-19-20-43-30/h11,16,18-22,24-25,27-29,31-32,34H,6-10,12-15,17,23H2,1-5H3,(H,44,53)(H,45,52)(H,46,50)(H,47,51)/t24-,27+,28+,29+,31+,32+,34-/m1/s1. The molecule has 3 heterocycles. The largest absolute Gasteiger partial charge is 0.344 e. The molecule has 4 N–H and O–H groups in total. The van der Waals surface area contributed by atoms with Crippen LogP contribution in [-0.4, -0.2) is 85.9 Å². The fourth-order valence-electron chi connectivity index (χ4n) is 8.37. The third-order valence-electron chi connectivity index (χ3n) is 11.3. The van der Waals surface area contributed by atoms with Crippen LogP contribution in [0.3, 0.4) is 0 Å². The van der Waals surface area contributed by atoms with Crippen molar-refractivity contribution >= 4 is 35.3 Å². The first kappa shape index (κ1) is 40.4. The van der Waals surface area contributed by atoms with Crippen molar-refractivity contribution in [2.75, 3.05) is 6.54 Å². The van der Waals surface area contributed by atoms with Gasteiger partial charge < -0.3 is 26.2 Å². The van der Waals surface area contributed by atoms with Crippen LogP contribution in [0.1, 0.15) is 121 Å². The van der Waals surface area contributed by atoms with E-state index < -0.39 is 70.9 Å². The van der Waals surface area contributed by atoms with E-state index in [9.17, 15) is 28.8 Å². The summed E-state index contributed by atoms with van der Waals surface area (Å²) in [4.78, 5) is 96.9. The smallest absolute Gasteiger partial charge is 0.290 e. The number of rotatable bonds is 14. The Kier molecular flexibility index (Phi) is 13.5. The molecule has 292 valence electrons. The highest BCUT2D eigenvalue weighted by Gasteiger charge is 2.52. The molecule has 0 aromatic carbocycles. The molecule has 0 unspecified atom stereocenters. The van der Waals surface area contributed by atoms with Crippen LogP contribution in [0, 0.1) is 23.2 Å². The van der Waals surface area contributed by atoms with Gasteiger partial charge in [-0.1, -0.05) is 65.9 Å². The summed E-state index contributed by atoms with van der Waals surface area (Å²) in [6, 6.07) is -0.798. The number of likely N-dealkylation sites (tertiary alicyclic amines) is 1. The van der Waals surface area contributed by atoms with E-state index in [1.165, 1.54) is 18.6 Å². The molecule has 2 aliphatic carbocycles. The van der Waals surface area contributed by atoms with Crippen LogP contribution in [0.4, 0.5) is 0 Å². The molecular formula is C40H56N8O6. The molecule has 2 aromatic rings. The summed E-state index contributed by atoms with van der Waals surface area (Å²) < 4.78 is 0. The van der Waals surface area contributed by atoms with E-state index in [4.69, 9.17) is 0 Å². The van der Waals surface area contributed by atoms with Gasteiger partial charge in [-0.05, 0) is 73.8 Å². The number of Topliss-reactive ketones (excluding diaryl/α,β-unsaturated/α-hetero) is 1. The topological polar surface area (TPSA) is 192 Å². The Morgan fingerprint density at radius 1 is 0.870 bits per heavy atom. The van der Waals surface area contributed by atoms with Gasteiger partial charge in [-0.25, -0.2) is 4.98 Å². The van der Waals surface area contributed by atoms with Crippen LogP contribution in [0.25, 0.3) is 0 Å². The third-order valence-corrected chi connectivity index (χ3v) is 11.3. The summed E-state index contributed by atoms with van der Waals surface area (Å²) in [5.74, 6) is -3.58.